The molecule has 1 saturated heterocycles. The maximum absolute atomic E-state index is 12.4. The van der Waals surface area contributed by atoms with Crippen LogP contribution in [0.5, 0.6) is 5.75 Å². The molecule has 0 aromatic heterocycles. The Bertz CT molecular complexity index is 413. The van der Waals surface area contributed by atoms with E-state index in [0.717, 1.165) is 37.8 Å². The first kappa shape index (κ1) is 15.2. The standard InChI is InChI=1S/C15H21F2NO2/c16-15(17)20-14-7-2-1-5-12(14)11-18-9-4-3-6-13(18)8-10-19/h1-2,5,7,13,15,19H,3-4,6,8-11H2. The zero-order valence-electron chi connectivity index (χ0n) is 11.5. The van der Waals surface area contributed by atoms with Crippen LogP contribution < -0.4 is 4.74 Å². The third-order valence-corrected chi connectivity index (χ3v) is 3.77. The Morgan fingerprint density at radius 1 is 1.30 bits per heavy atom. The first-order valence-corrected chi connectivity index (χ1v) is 7.08. The second-order valence-corrected chi connectivity index (χ2v) is 5.12. The number of hydrogen-bond acceptors (Lipinski definition) is 3. The van der Waals surface area contributed by atoms with E-state index in [2.05, 4.69) is 9.64 Å². The molecule has 1 aromatic rings. The highest BCUT2D eigenvalue weighted by molar-refractivity contribution is 5.33. The molecule has 1 aliphatic rings. The van der Waals surface area contributed by atoms with Crippen LogP contribution in [0.3, 0.4) is 0 Å². The van der Waals surface area contributed by atoms with E-state index in [1.807, 2.05) is 12.1 Å². The molecule has 3 nitrogen and oxygen atoms in total. The van der Waals surface area contributed by atoms with E-state index in [1.165, 1.54) is 0 Å². The zero-order chi connectivity index (χ0) is 14.4. The van der Waals surface area contributed by atoms with Gasteiger partial charge in [0, 0.05) is 24.8 Å². The van der Waals surface area contributed by atoms with Gasteiger partial charge in [0.15, 0.2) is 0 Å². The fourth-order valence-electron chi connectivity index (χ4n) is 2.81. The van der Waals surface area contributed by atoms with E-state index >= 15 is 0 Å². The van der Waals surface area contributed by atoms with Gasteiger partial charge >= 0.3 is 6.61 Å². The molecule has 1 unspecified atom stereocenters. The van der Waals surface area contributed by atoms with Crippen molar-refractivity contribution in [2.24, 2.45) is 0 Å². The van der Waals surface area contributed by atoms with Crippen molar-refractivity contribution in [1.29, 1.82) is 0 Å². The number of aliphatic hydroxyl groups excluding tert-OH is 1. The largest absolute Gasteiger partial charge is 0.434 e. The van der Waals surface area contributed by atoms with Gasteiger partial charge in [-0.15, -0.1) is 0 Å². The fraction of sp³-hybridized carbons (Fsp3) is 0.600. The number of hydrogen-bond donors (Lipinski definition) is 1. The molecule has 0 bridgehead atoms. The van der Waals surface area contributed by atoms with Crippen molar-refractivity contribution in [3.63, 3.8) is 0 Å². The van der Waals surface area contributed by atoms with Crippen molar-refractivity contribution in [3.8, 4) is 5.75 Å². The normalized spacial score (nSPS) is 20.3. The lowest BCUT2D eigenvalue weighted by atomic mass is 9.98. The average Bonchev–Trinajstić information content (AvgIpc) is 2.43. The molecule has 1 N–H and O–H groups in total. The van der Waals surface area contributed by atoms with Crippen LogP contribution >= 0.6 is 0 Å². The lowest BCUT2D eigenvalue weighted by Gasteiger charge is -2.35. The van der Waals surface area contributed by atoms with Crippen LogP contribution in [0, 0.1) is 0 Å². The molecule has 2 rings (SSSR count). The van der Waals surface area contributed by atoms with E-state index in [1.54, 1.807) is 12.1 Å². The average molecular weight is 285 g/mol. The van der Waals surface area contributed by atoms with Crippen molar-refractivity contribution in [3.05, 3.63) is 29.8 Å². The third kappa shape index (κ3) is 4.15. The van der Waals surface area contributed by atoms with Gasteiger partial charge in [0.1, 0.15) is 5.75 Å². The first-order valence-electron chi connectivity index (χ1n) is 7.08. The molecular weight excluding hydrogens is 264 g/mol. The maximum Gasteiger partial charge on any atom is 0.387 e. The summed E-state index contributed by atoms with van der Waals surface area (Å²) in [5, 5.41) is 9.13. The summed E-state index contributed by atoms with van der Waals surface area (Å²) in [4.78, 5) is 2.26. The molecular formula is C15H21F2NO2. The predicted molar refractivity (Wildman–Crippen MR) is 72.8 cm³/mol. The van der Waals surface area contributed by atoms with Crippen molar-refractivity contribution >= 4 is 0 Å². The topological polar surface area (TPSA) is 32.7 Å². The summed E-state index contributed by atoms with van der Waals surface area (Å²) in [7, 11) is 0. The smallest absolute Gasteiger partial charge is 0.387 e. The molecule has 1 fully saturated rings. The van der Waals surface area contributed by atoms with Crippen LogP contribution in [-0.4, -0.2) is 35.8 Å². The van der Waals surface area contributed by atoms with Gasteiger partial charge in [-0.25, -0.2) is 0 Å². The zero-order valence-corrected chi connectivity index (χ0v) is 11.5. The number of nitrogens with zero attached hydrogens (tertiary/aromatic N) is 1. The number of para-hydroxylation sites is 1. The Kier molecular flexibility index (Phi) is 5.73. The molecule has 0 spiro atoms. The second-order valence-electron chi connectivity index (χ2n) is 5.12. The van der Waals surface area contributed by atoms with Gasteiger partial charge < -0.3 is 9.84 Å². The van der Waals surface area contributed by atoms with E-state index < -0.39 is 6.61 Å². The van der Waals surface area contributed by atoms with Crippen LogP contribution in [0.1, 0.15) is 31.2 Å². The quantitative estimate of drug-likeness (QED) is 0.872. The van der Waals surface area contributed by atoms with Gasteiger partial charge in [-0.05, 0) is 31.9 Å². The van der Waals surface area contributed by atoms with Crippen LogP contribution in [0.25, 0.3) is 0 Å². The maximum atomic E-state index is 12.4. The molecule has 5 heteroatoms. The molecule has 0 aliphatic carbocycles. The van der Waals surface area contributed by atoms with Crippen molar-refractivity contribution in [2.45, 2.75) is 44.9 Å². The Balaban J connectivity index is 2.07. The van der Waals surface area contributed by atoms with Gasteiger partial charge in [0.05, 0.1) is 0 Å². The molecule has 0 radical (unpaired) electrons. The number of piperidine rings is 1. The number of likely N-dealkylation sites (tertiary alicyclic amines) is 1. The van der Waals surface area contributed by atoms with E-state index in [0.29, 0.717) is 12.6 Å². The molecule has 1 heterocycles. The summed E-state index contributed by atoms with van der Waals surface area (Å²) in [5.74, 6) is 0.246. The number of alkyl halides is 2. The molecule has 0 saturated carbocycles. The molecule has 112 valence electrons. The van der Waals surface area contributed by atoms with Crippen molar-refractivity contribution < 1.29 is 18.6 Å². The summed E-state index contributed by atoms with van der Waals surface area (Å²) in [5.41, 5.74) is 0.776. The summed E-state index contributed by atoms with van der Waals surface area (Å²) in [6.45, 7) is -1.11. The Morgan fingerprint density at radius 3 is 2.85 bits per heavy atom. The monoisotopic (exact) mass is 285 g/mol. The third-order valence-electron chi connectivity index (χ3n) is 3.77. The van der Waals surface area contributed by atoms with Crippen LogP contribution in [0.4, 0.5) is 8.78 Å². The second kappa shape index (κ2) is 7.55. The van der Waals surface area contributed by atoms with Crippen molar-refractivity contribution in [2.75, 3.05) is 13.2 Å². The Labute approximate surface area is 118 Å². The molecule has 0 amide bonds. The van der Waals surface area contributed by atoms with E-state index in [4.69, 9.17) is 5.11 Å². The van der Waals surface area contributed by atoms with E-state index in [9.17, 15) is 8.78 Å². The first-order chi connectivity index (χ1) is 9.70. The SMILES string of the molecule is OCCC1CCCCN1Cc1ccccc1OC(F)F. The van der Waals surface area contributed by atoms with Crippen LogP contribution in [0.2, 0.25) is 0 Å². The van der Waals surface area contributed by atoms with Crippen molar-refractivity contribution in [1.82, 2.24) is 4.90 Å². The van der Waals surface area contributed by atoms with E-state index in [-0.39, 0.29) is 12.4 Å². The van der Waals surface area contributed by atoms with Crippen LogP contribution in [-0.2, 0) is 6.54 Å². The van der Waals surface area contributed by atoms with Gasteiger partial charge in [-0.3, -0.25) is 4.90 Å². The highest BCUT2D eigenvalue weighted by Gasteiger charge is 2.23. The van der Waals surface area contributed by atoms with Crippen LogP contribution in [0.15, 0.2) is 24.3 Å². The highest BCUT2D eigenvalue weighted by Crippen LogP contribution is 2.26. The summed E-state index contributed by atoms with van der Waals surface area (Å²) < 4.78 is 29.4. The summed E-state index contributed by atoms with van der Waals surface area (Å²) in [6.07, 6.45) is 4.06. The molecule has 20 heavy (non-hydrogen) atoms. The van der Waals surface area contributed by atoms with Gasteiger partial charge in [-0.1, -0.05) is 24.6 Å². The number of ether oxygens (including phenoxy) is 1. The lowest BCUT2D eigenvalue weighted by molar-refractivity contribution is -0.0509. The summed E-state index contributed by atoms with van der Waals surface area (Å²) >= 11 is 0. The highest BCUT2D eigenvalue weighted by atomic mass is 19.3. The minimum Gasteiger partial charge on any atom is -0.434 e. The van der Waals surface area contributed by atoms with Gasteiger partial charge in [0.25, 0.3) is 0 Å². The molecule has 1 aromatic carbocycles. The number of aliphatic hydroxyl groups is 1. The minimum absolute atomic E-state index is 0.163. The molecule has 1 aliphatic heterocycles. The molecule has 1 atom stereocenters. The Hall–Kier alpha value is -1.20. The van der Waals surface area contributed by atoms with Gasteiger partial charge in [-0.2, -0.15) is 8.78 Å². The number of halogens is 2. The number of benzene rings is 1. The Morgan fingerprint density at radius 2 is 2.10 bits per heavy atom. The predicted octanol–water partition coefficient (Wildman–Crippen LogP) is 3.02. The number of rotatable bonds is 6. The van der Waals surface area contributed by atoms with Gasteiger partial charge in [0.2, 0.25) is 0 Å². The fourth-order valence-corrected chi connectivity index (χ4v) is 2.81. The summed E-state index contributed by atoms with van der Waals surface area (Å²) in [6, 6.07) is 7.25. The lowest BCUT2D eigenvalue weighted by Crippen LogP contribution is -2.39. The minimum atomic E-state index is -2.80.